The number of hydrogen-bond acceptors (Lipinski definition) is 1. The van der Waals surface area contributed by atoms with E-state index in [1.807, 2.05) is 29.7 Å². The molecule has 0 spiro atoms. The number of halogens is 2. The number of benzene rings is 3. The van der Waals surface area contributed by atoms with E-state index < -0.39 is 5.91 Å². The van der Waals surface area contributed by atoms with Crippen molar-refractivity contribution >= 4 is 39.3 Å². The van der Waals surface area contributed by atoms with Crippen molar-refractivity contribution in [3.63, 3.8) is 0 Å². The molecule has 0 fully saturated rings. The summed E-state index contributed by atoms with van der Waals surface area (Å²) in [4.78, 5) is 11.9. The van der Waals surface area contributed by atoms with Crippen molar-refractivity contribution in [3.8, 4) is 0 Å². The molecule has 129 valence electrons. The number of carbonyl (C=O) groups excluding carboxylic acids is 1. The lowest BCUT2D eigenvalue weighted by molar-refractivity contribution is 0.100. The summed E-state index contributed by atoms with van der Waals surface area (Å²) in [6, 6.07) is 17.1. The summed E-state index contributed by atoms with van der Waals surface area (Å²) in [6.07, 6.45) is 0. The zero-order valence-electron chi connectivity index (χ0n) is 14.0. The molecule has 3 nitrogen and oxygen atoms in total. The molecule has 1 aromatic heterocycles. The number of amides is 1. The molecule has 0 aliphatic rings. The maximum absolute atomic E-state index is 14.3. The van der Waals surface area contributed by atoms with Gasteiger partial charge in [-0.3, -0.25) is 4.79 Å². The molecule has 0 atom stereocenters. The third-order valence-corrected chi connectivity index (χ3v) is 4.94. The summed E-state index contributed by atoms with van der Waals surface area (Å²) in [5, 5.41) is 1.87. The van der Waals surface area contributed by atoms with Crippen molar-refractivity contribution in [3.05, 3.63) is 82.1 Å². The lowest BCUT2D eigenvalue weighted by atomic mass is 10.1. The first-order chi connectivity index (χ1) is 12.5. The molecule has 1 radical (unpaired) electrons. The minimum atomic E-state index is -0.507. The maximum Gasteiger partial charge on any atom is 0.249 e. The van der Waals surface area contributed by atoms with Crippen LogP contribution in [0.15, 0.2) is 48.5 Å². The molecule has 4 aromatic rings. The number of hydrogen-bond donors (Lipinski definition) is 1. The van der Waals surface area contributed by atoms with E-state index in [9.17, 15) is 9.18 Å². The number of aromatic nitrogens is 1. The Labute approximate surface area is 154 Å². The summed E-state index contributed by atoms with van der Waals surface area (Å²) in [5.41, 5.74) is 9.05. The monoisotopic (exact) mass is 365 g/mol. The van der Waals surface area contributed by atoms with E-state index in [-0.39, 0.29) is 12.4 Å². The number of fused-ring (bicyclic) bond motifs is 3. The van der Waals surface area contributed by atoms with Crippen LogP contribution in [0.2, 0.25) is 5.02 Å². The molecule has 0 bridgehead atoms. The lowest BCUT2D eigenvalue weighted by Gasteiger charge is -2.11. The van der Waals surface area contributed by atoms with Crippen LogP contribution in [0.1, 0.15) is 21.5 Å². The Hall–Kier alpha value is -2.85. The number of rotatable bonds is 3. The van der Waals surface area contributed by atoms with Gasteiger partial charge in [0.05, 0.1) is 17.6 Å². The van der Waals surface area contributed by atoms with Crippen LogP contribution in [-0.2, 0) is 6.54 Å². The zero-order valence-corrected chi connectivity index (χ0v) is 14.8. The van der Waals surface area contributed by atoms with Crippen LogP contribution < -0.4 is 5.73 Å². The van der Waals surface area contributed by atoms with Crippen LogP contribution in [-0.4, -0.2) is 10.5 Å². The van der Waals surface area contributed by atoms with Crippen LogP contribution >= 0.6 is 11.6 Å². The molecule has 3 aromatic carbocycles. The van der Waals surface area contributed by atoms with E-state index in [2.05, 4.69) is 6.07 Å². The molecular weight excluding hydrogens is 351 g/mol. The Morgan fingerprint density at radius 3 is 2.73 bits per heavy atom. The summed E-state index contributed by atoms with van der Waals surface area (Å²) in [6.45, 7) is 2.20. The van der Waals surface area contributed by atoms with Gasteiger partial charge in [0.1, 0.15) is 5.82 Å². The molecule has 0 aliphatic carbocycles. The lowest BCUT2D eigenvalue weighted by Crippen LogP contribution is -2.11. The number of nitrogens with zero attached hydrogens (tertiary/aromatic N) is 1. The van der Waals surface area contributed by atoms with Crippen LogP contribution in [0, 0.1) is 18.8 Å². The summed E-state index contributed by atoms with van der Waals surface area (Å²) in [7, 11) is 0. The van der Waals surface area contributed by atoms with Crippen molar-refractivity contribution in [2.24, 2.45) is 5.73 Å². The van der Waals surface area contributed by atoms with E-state index in [1.165, 1.54) is 6.07 Å². The van der Waals surface area contributed by atoms with Crippen molar-refractivity contribution in [2.45, 2.75) is 13.5 Å². The third-order valence-electron chi connectivity index (χ3n) is 4.58. The minimum Gasteiger partial charge on any atom is -0.366 e. The van der Waals surface area contributed by atoms with Crippen molar-refractivity contribution < 1.29 is 9.18 Å². The van der Waals surface area contributed by atoms with Gasteiger partial charge in [0.25, 0.3) is 0 Å². The SMILES string of the molecule is Cc1c[c]c2c3c(C(N)=O)cccc3n(Cc3c(F)cccc3Cl)c2c1. The highest BCUT2D eigenvalue weighted by Crippen LogP contribution is 2.33. The zero-order chi connectivity index (χ0) is 18.4. The summed E-state index contributed by atoms with van der Waals surface area (Å²) < 4.78 is 16.3. The largest absolute Gasteiger partial charge is 0.366 e. The van der Waals surface area contributed by atoms with Crippen molar-refractivity contribution in [1.29, 1.82) is 0 Å². The van der Waals surface area contributed by atoms with Gasteiger partial charge in [-0.15, -0.1) is 0 Å². The topological polar surface area (TPSA) is 48.0 Å². The highest BCUT2D eigenvalue weighted by Gasteiger charge is 2.18. The van der Waals surface area contributed by atoms with E-state index in [4.69, 9.17) is 17.3 Å². The summed E-state index contributed by atoms with van der Waals surface area (Å²) in [5.74, 6) is -0.872. The fraction of sp³-hybridized carbons (Fsp3) is 0.0952. The van der Waals surface area contributed by atoms with Crippen molar-refractivity contribution in [1.82, 2.24) is 4.57 Å². The van der Waals surface area contributed by atoms with Crippen LogP contribution in [0.3, 0.4) is 0 Å². The second-order valence-corrected chi connectivity index (χ2v) is 6.69. The minimum absolute atomic E-state index is 0.241. The Kier molecular flexibility index (Phi) is 3.93. The van der Waals surface area contributed by atoms with Crippen LogP contribution in [0.5, 0.6) is 0 Å². The highest BCUT2D eigenvalue weighted by molar-refractivity contribution is 6.31. The normalized spacial score (nSPS) is 11.3. The molecule has 1 amide bonds. The Morgan fingerprint density at radius 1 is 1.23 bits per heavy atom. The Morgan fingerprint density at radius 2 is 2.00 bits per heavy atom. The fourth-order valence-electron chi connectivity index (χ4n) is 3.38. The van der Waals surface area contributed by atoms with Gasteiger partial charge in [-0.25, -0.2) is 4.39 Å². The number of nitrogens with two attached hydrogens (primary N) is 1. The Bertz CT molecular complexity index is 1160. The molecule has 4 rings (SSSR count). The van der Waals surface area contributed by atoms with Gasteiger partial charge >= 0.3 is 0 Å². The van der Waals surface area contributed by atoms with E-state index in [0.717, 1.165) is 27.4 Å². The first-order valence-electron chi connectivity index (χ1n) is 8.13. The van der Waals surface area contributed by atoms with E-state index >= 15 is 0 Å². The van der Waals surface area contributed by atoms with Gasteiger partial charge in [0.15, 0.2) is 0 Å². The molecule has 2 N–H and O–H groups in total. The number of carbonyl (C=O) groups is 1. The van der Waals surface area contributed by atoms with Crippen LogP contribution in [0.25, 0.3) is 21.8 Å². The van der Waals surface area contributed by atoms with Gasteiger partial charge in [0, 0.05) is 26.9 Å². The molecule has 1 heterocycles. The average molecular weight is 366 g/mol. The number of primary amides is 1. The second kappa shape index (κ2) is 6.15. The predicted molar refractivity (Wildman–Crippen MR) is 102 cm³/mol. The van der Waals surface area contributed by atoms with Gasteiger partial charge < -0.3 is 10.3 Å². The maximum atomic E-state index is 14.3. The molecule has 0 saturated carbocycles. The average Bonchev–Trinajstić information content (AvgIpc) is 2.91. The van der Waals surface area contributed by atoms with E-state index in [0.29, 0.717) is 16.1 Å². The van der Waals surface area contributed by atoms with E-state index in [1.54, 1.807) is 24.3 Å². The van der Waals surface area contributed by atoms with Gasteiger partial charge in [-0.2, -0.15) is 0 Å². The highest BCUT2D eigenvalue weighted by atomic mass is 35.5. The fourth-order valence-corrected chi connectivity index (χ4v) is 3.60. The number of aryl methyl sites for hydroxylation is 1. The summed E-state index contributed by atoms with van der Waals surface area (Å²) >= 11 is 6.23. The van der Waals surface area contributed by atoms with Crippen molar-refractivity contribution in [2.75, 3.05) is 0 Å². The smallest absolute Gasteiger partial charge is 0.249 e. The standard InChI is InChI=1S/C21H15ClFN2O/c1-12-8-9-13-19(10-12)25(11-15-16(22)5-3-6-17(15)23)18-7-2-4-14(20(13)18)21(24)26/h2-8,10H,11H2,1H3,(H2,24,26). The second-order valence-electron chi connectivity index (χ2n) is 6.29. The third kappa shape index (κ3) is 2.54. The molecule has 5 heteroatoms. The first-order valence-corrected chi connectivity index (χ1v) is 8.51. The molecule has 26 heavy (non-hydrogen) atoms. The molecule has 0 aliphatic heterocycles. The Balaban J connectivity index is 2.09. The molecule has 0 saturated heterocycles. The predicted octanol–water partition coefficient (Wildman–Crippen LogP) is 4.84. The molecular formula is C21H15ClFN2O. The quantitative estimate of drug-likeness (QED) is 0.554. The molecule has 0 unspecified atom stereocenters. The van der Waals surface area contributed by atoms with Gasteiger partial charge in [-0.1, -0.05) is 29.8 Å². The van der Waals surface area contributed by atoms with Gasteiger partial charge in [-0.05, 0) is 48.9 Å². The first kappa shape index (κ1) is 16.6. The van der Waals surface area contributed by atoms with Crippen LogP contribution in [0.4, 0.5) is 4.39 Å². The van der Waals surface area contributed by atoms with Gasteiger partial charge in [0.2, 0.25) is 5.91 Å².